The minimum atomic E-state index is -0.805. The average molecular weight is 307 g/mol. The van der Waals surface area contributed by atoms with Crippen molar-refractivity contribution < 1.29 is 19.4 Å². The van der Waals surface area contributed by atoms with Crippen LogP contribution >= 0.6 is 0 Å². The number of carboxylic acid groups (broad SMARTS) is 1. The first-order chi connectivity index (χ1) is 10.3. The van der Waals surface area contributed by atoms with Crippen molar-refractivity contribution in [2.24, 2.45) is 5.92 Å². The third-order valence-electron chi connectivity index (χ3n) is 3.07. The highest BCUT2D eigenvalue weighted by molar-refractivity contribution is 5.70. The number of amides is 1. The average Bonchev–Trinajstić information content (AvgIpc) is 2.41. The second kappa shape index (κ2) is 8.41. The molecule has 2 N–H and O–H groups in total. The van der Waals surface area contributed by atoms with Gasteiger partial charge in [-0.1, -0.05) is 30.3 Å². The topological polar surface area (TPSA) is 75.6 Å². The molecule has 0 heterocycles. The highest BCUT2D eigenvalue weighted by atomic mass is 16.6. The highest BCUT2D eigenvalue weighted by Gasteiger charge is 2.18. The largest absolute Gasteiger partial charge is 0.481 e. The van der Waals surface area contributed by atoms with Crippen LogP contribution in [-0.4, -0.2) is 29.3 Å². The Hall–Kier alpha value is -2.04. The predicted molar refractivity (Wildman–Crippen MR) is 84.7 cm³/mol. The molecule has 5 nitrogen and oxygen atoms in total. The maximum absolute atomic E-state index is 11.5. The van der Waals surface area contributed by atoms with Crippen LogP contribution < -0.4 is 5.32 Å². The van der Waals surface area contributed by atoms with E-state index in [1.165, 1.54) is 0 Å². The van der Waals surface area contributed by atoms with E-state index in [-0.39, 0.29) is 0 Å². The van der Waals surface area contributed by atoms with Crippen molar-refractivity contribution in [2.45, 2.75) is 45.6 Å². The van der Waals surface area contributed by atoms with E-state index in [9.17, 15) is 14.7 Å². The van der Waals surface area contributed by atoms with Crippen molar-refractivity contribution in [1.29, 1.82) is 0 Å². The monoisotopic (exact) mass is 307 g/mol. The zero-order valence-electron chi connectivity index (χ0n) is 13.5. The summed E-state index contributed by atoms with van der Waals surface area (Å²) in [6.07, 6.45) is 1.15. The van der Waals surface area contributed by atoms with Gasteiger partial charge >= 0.3 is 12.1 Å². The molecule has 0 aliphatic rings. The normalized spacial score (nSPS) is 12.5. The summed E-state index contributed by atoms with van der Waals surface area (Å²) in [4.78, 5) is 22.8. The van der Waals surface area contributed by atoms with Crippen molar-refractivity contribution >= 4 is 12.1 Å². The van der Waals surface area contributed by atoms with Gasteiger partial charge in [0, 0.05) is 6.54 Å². The lowest BCUT2D eigenvalue weighted by atomic mass is 9.95. The number of alkyl carbamates (subject to hydrolysis) is 1. The number of carbonyl (C=O) groups is 2. The molecule has 1 aromatic carbocycles. The van der Waals surface area contributed by atoms with Crippen LogP contribution in [0.1, 0.15) is 39.2 Å². The molecule has 0 saturated heterocycles. The van der Waals surface area contributed by atoms with E-state index < -0.39 is 23.6 Å². The fourth-order valence-corrected chi connectivity index (χ4v) is 2.06. The second-order valence-corrected chi connectivity index (χ2v) is 6.30. The number of hydrogen-bond acceptors (Lipinski definition) is 3. The molecule has 0 aliphatic heterocycles. The highest BCUT2D eigenvalue weighted by Crippen LogP contribution is 2.14. The van der Waals surface area contributed by atoms with E-state index >= 15 is 0 Å². The van der Waals surface area contributed by atoms with Crippen LogP contribution in [0.5, 0.6) is 0 Å². The van der Waals surface area contributed by atoms with E-state index in [1.54, 1.807) is 20.8 Å². The first-order valence-electron chi connectivity index (χ1n) is 7.51. The minimum absolute atomic E-state index is 0.410. The summed E-state index contributed by atoms with van der Waals surface area (Å²) < 4.78 is 5.12. The third kappa shape index (κ3) is 7.67. The summed E-state index contributed by atoms with van der Waals surface area (Å²) >= 11 is 0. The number of rotatable bonds is 7. The van der Waals surface area contributed by atoms with Gasteiger partial charge in [0.2, 0.25) is 0 Å². The molecular formula is C17H25NO4. The zero-order valence-corrected chi connectivity index (χ0v) is 13.5. The molecule has 22 heavy (non-hydrogen) atoms. The Labute approximate surface area is 131 Å². The van der Waals surface area contributed by atoms with Crippen molar-refractivity contribution in [1.82, 2.24) is 5.32 Å². The van der Waals surface area contributed by atoms with Crippen LogP contribution in [0.2, 0.25) is 0 Å². The van der Waals surface area contributed by atoms with Gasteiger partial charge in [0.05, 0.1) is 5.92 Å². The molecule has 0 aliphatic carbocycles. The summed E-state index contributed by atoms with van der Waals surface area (Å²) in [5.41, 5.74) is 0.482. The van der Waals surface area contributed by atoms with Crippen LogP contribution in [0.15, 0.2) is 30.3 Å². The van der Waals surface area contributed by atoms with Gasteiger partial charge in [-0.3, -0.25) is 4.79 Å². The number of benzene rings is 1. The molecule has 0 spiro atoms. The number of aliphatic carboxylic acids is 1. The van der Waals surface area contributed by atoms with E-state index in [0.29, 0.717) is 25.8 Å². The van der Waals surface area contributed by atoms with E-state index in [2.05, 4.69) is 5.32 Å². The lowest BCUT2D eigenvalue weighted by Gasteiger charge is -2.20. The van der Waals surface area contributed by atoms with Crippen LogP contribution in [0.3, 0.4) is 0 Å². The molecule has 0 aromatic heterocycles. The molecule has 0 fully saturated rings. The summed E-state index contributed by atoms with van der Waals surface area (Å²) in [5.74, 6) is -1.25. The second-order valence-electron chi connectivity index (χ2n) is 6.30. The number of carbonyl (C=O) groups excluding carboxylic acids is 1. The van der Waals surface area contributed by atoms with Gasteiger partial charge in [0.15, 0.2) is 0 Å². The van der Waals surface area contributed by atoms with E-state index in [4.69, 9.17) is 4.74 Å². The van der Waals surface area contributed by atoms with Gasteiger partial charge in [-0.25, -0.2) is 4.79 Å². The molecule has 1 aromatic rings. The van der Waals surface area contributed by atoms with Crippen LogP contribution in [0, 0.1) is 5.92 Å². The SMILES string of the molecule is CC(C)(C)OC(=O)NCCC[C@@H](Cc1ccccc1)C(=O)O. The Kier molecular flexibility index (Phi) is 6.89. The van der Waals surface area contributed by atoms with E-state index in [1.807, 2.05) is 30.3 Å². The third-order valence-corrected chi connectivity index (χ3v) is 3.07. The van der Waals surface area contributed by atoms with E-state index in [0.717, 1.165) is 5.56 Å². The minimum Gasteiger partial charge on any atom is -0.481 e. The Bertz CT molecular complexity index is 479. The van der Waals surface area contributed by atoms with Gasteiger partial charge in [-0.05, 0) is 45.6 Å². The van der Waals surface area contributed by atoms with Gasteiger partial charge in [-0.2, -0.15) is 0 Å². The Morgan fingerprint density at radius 1 is 1.23 bits per heavy atom. The quantitative estimate of drug-likeness (QED) is 0.758. The summed E-state index contributed by atoms with van der Waals surface area (Å²) in [7, 11) is 0. The number of carboxylic acids is 1. The van der Waals surface area contributed by atoms with Gasteiger partial charge < -0.3 is 15.2 Å². The summed E-state index contributed by atoms with van der Waals surface area (Å²) in [6, 6.07) is 9.56. The van der Waals surface area contributed by atoms with Gasteiger partial charge in [-0.15, -0.1) is 0 Å². The summed E-state index contributed by atoms with van der Waals surface area (Å²) in [6.45, 7) is 5.81. The molecule has 5 heteroatoms. The predicted octanol–water partition coefficient (Wildman–Crippen LogP) is 3.23. The standard InChI is InChI=1S/C17H25NO4/c1-17(2,3)22-16(21)18-11-7-10-14(15(19)20)12-13-8-5-4-6-9-13/h4-6,8-9,14H,7,10-12H2,1-3H3,(H,18,21)(H,19,20)/t14-/m0/s1. The lowest BCUT2D eigenvalue weighted by molar-refractivity contribution is -0.141. The smallest absolute Gasteiger partial charge is 0.407 e. The maximum atomic E-state index is 11.5. The Balaban J connectivity index is 2.34. The number of nitrogens with one attached hydrogen (secondary N) is 1. The van der Waals surface area contributed by atoms with Gasteiger partial charge in [0.25, 0.3) is 0 Å². The fourth-order valence-electron chi connectivity index (χ4n) is 2.06. The first-order valence-corrected chi connectivity index (χ1v) is 7.51. The molecule has 1 amide bonds. The fraction of sp³-hybridized carbons (Fsp3) is 0.529. The number of ether oxygens (including phenoxy) is 1. The maximum Gasteiger partial charge on any atom is 0.407 e. The molecule has 1 atom stereocenters. The summed E-state index contributed by atoms with van der Waals surface area (Å²) in [5, 5.41) is 11.9. The molecule has 122 valence electrons. The van der Waals surface area contributed by atoms with Crippen LogP contribution in [0.4, 0.5) is 4.79 Å². The van der Waals surface area contributed by atoms with Crippen molar-refractivity contribution in [3.8, 4) is 0 Å². The Morgan fingerprint density at radius 2 is 1.86 bits per heavy atom. The Morgan fingerprint density at radius 3 is 2.41 bits per heavy atom. The molecule has 1 rings (SSSR count). The van der Waals surface area contributed by atoms with Crippen LogP contribution in [-0.2, 0) is 16.0 Å². The van der Waals surface area contributed by atoms with Crippen molar-refractivity contribution in [3.63, 3.8) is 0 Å². The molecule has 0 saturated carbocycles. The van der Waals surface area contributed by atoms with Gasteiger partial charge in [0.1, 0.15) is 5.60 Å². The first kappa shape index (κ1) is 18.0. The lowest BCUT2D eigenvalue weighted by Crippen LogP contribution is -2.33. The molecule has 0 unspecified atom stereocenters. The molecule has 0 bridgehead atoms. The molecular weight excluding hydrogens is 282 g/mol. The van der Waals surface area contributed by atoms with Crippen molar-refractivity contribution in [3.05, 3.63) is 35.9 Å². The van der Waals surface area contributed by atoms with Crippen molar-refractivity contribution in [2.75, 3.05) is 6.54 Å². The molecule has 0 radical (unpaired) electrons. The number of hydrogen-bond donors (Lipinski definition) is 2. The zero-order chi connectivity index (χ0) is 16.6. The van der Waals surface area contributed by atoms with Crippen LogP contribution in [0.25, 0.3) is 0 Å².